The maximum atomic E-state index is 12.1. The van der Waals surface area contributed by atoms with Gasteiger partial charge in [-0.05, 0) is 62.4 Å². The summed E-state index contributed by atoms with van der Waals surface area (Å²) >= 11 is 0. The molecule has 144 valence electrons. The highest BCUT2D eigenvalue weighted by molar-refractivity contribution is 5.89. The fourth-order valence-electron chi connectivity index (χ4n) is 3.47. The molecule has 2 aliphatic rings. The summed E-state index contributed by atoms with van der Waals surface area (Å²) in [5.41, 5.74) is 1.77. The standard InChI is InChI=1S/C19H28N4O2.ClH/c24-18(7-6-15-8-9-20-13-15)21-14-16-4-3-5-17(12-16)22-19(25)23-10-1-2-11-23;/h3-5,12,15,20H,1-2,6-11,13-14H2,(H,21,24)(H,22,25);1H. The summed E-state index contributed by atoms with van der Waals surface area (Å²) < 4.78 is 0. The molecular weight excluding hydrogens is 352 g/mol. The van der Waals surface area contributed by atoms with Crippen LogP contribution < -0.4 is 16.0 Å². The van der Waals surface area contributed by atoms with E-state index in [1.807, 2.05) is 29.2 Å². The summed E-state index contributed by atoms with van der Waals surface area (Å²) in [6.07, 6.45) is 4.86. The van der Waals surface area contributed by atoms with E-state index in [4.69, 9.17) is 0 Å². The number of urea groups is 1. The van der Waals surface area contributed by atoms with Crippen molar-refractivity contribution in [1.29, 1.82) is 0 Å². The van der Waals surface area contributed by atoms with Gasteiger partial charge in [-0.25, -0.2) is 4.79 Å². The summed E-state index contributed by atoms with van der Waals surface area (Å²) in [6, 6.07) is 7.64. The Kier molecular flexibility index (Phi) is 8.19. The summed E-state index contributed by atoms with van der Waals surface area (Å²) in [6.45, 7) is 4.26. The number of rotatable bonds is 6. The Balaban J connectivity index is 0.00000243. The van der Waals surface area contributed by atoms with Gasteiger partial charge in [0.15, 0.2) is 0 Å². The first-order chi connectivity index (χ1) is 12.2. The van der Waals surface area contributed by atoms with Crippen LogP contribution in [-0.4, -0.2) is 43.0 Å². The van der Waals surface area contributed by atoms with Crippen molar-refractivity contribution >= 4 is 30.0 Å². The van der Waals surface area contributed by atoms with Crippen LogP contribution in [-0.2, 0) is 11.3 Å². The van der Waals surface area contributed by atoms with Crippen molar-refractivity contribution < 1.29 is 9.59 Å². The highest BCUT2D eigenvalue weighted by Gasteiger charge is 2.18. The third-order valence-electron chi connectivity index (χ3n) is 5.00. The Morgan fingerprint density at radius 2 is 2.04 bits per heavy atom. The molecule has 0 bridgehead atoms. The summed E-state index contributed by atoms with van der Waals surface area (Å²) in [5.74, 6) is 0.730. The fourth-order valence-corrected chi connectivity index (χ4v) is 3.47. The molecule has 0 saturated carbocycles. The largest absolute Gasteiger partial charge is 0.352 e. The molecule has 3 amide bonds. The maximum Gasteiger partial charge on any atom is 0.321 e. The zero-order valence-electron chi connectivity index (χ0n) is 15.1. The van der Waals surface area contributed by atoms with Gasteiger partial charge >= 0.3 is 6.03 Å². The predicted molar refractivity (Wildman–Crippen MR) is 106 cm³/mol. The number of amides is 3. The highest BCUT2D eigenvalue weighted by atomic mass is 35.5. The Morgan fingerprint density at radius 1 is 1.23 bits per heavy atom. The van der Waals surface area contributed by atoms with E-state index in [1.54, 1.807) is 0 Å². The molecule has 2 aliphatic heterocycles. The van der Waals surface area contributed by atoms with Gasteiger partial charge in [0.2, 0.25) is 5.91 Å². The number of benzene rings is 1. The molecular formula is C19H29ClN4O2. The fraction of sp³-hybridized carbons (Fsp3) is 0.579. The molecule has 2 fully saturated rings. The molecule has 0 radical (unpaired) electrons. The molecule has 3 rings (SSSR count). The van der Waals surface area contributed by atoms with Crippen molar-refractivity contribution in [1.82, 2.24) is 15.5 Å². The lowest BCUT2D eigenvalue weighted by Gasteiger charge is -2.16. The van der Waals surface area contributed by atoms with Crippen molar-refractivity contribution in [3.63, 3.8) is 0 Å². The minimum Gasteiger partial charge on any atom is -0.352 e. The Morgan fingerprint density at radius 3 is 2.77 bits per heavy atom. The van der Waals surface area contributed by atoms with Gasteiger partial charge in [-0.3, -0.25) is 4.79 Å². The third-order valence-corrected chi connectivity index (χ3v) is 5.00. The van der Waals surface area contributed by atoms with Crippen LogP contribution in [0.3, 0.4) is 0 Å². The zero-order valence-corrected chi connectivity index (χ0v) is 15.9. The van der Waals surface area contributed by atoms with Crippen LogP contribution in [0.5, 0.6) is 0 Å². The van der Waals surface area contributed by atoms with Gasteiger partial charge in [-0.2, -0.15) is 0 Å². The van der Waals surface area contributed by atoms with E-state index >= 15 is 0 Å². The van der Waals surface area contributed by atoms with Crippen molar-refractivity contribution in [3.05, 3.63) is 29.8 Å². The average Bonchev–Trinajstić information content (AvgIpc) is 3.32. The first-order valence-electron chi connectivity index (χ1n) is 9.33. The Bertz CT molecular complexity index is 599. The van der Waals surface area contributed by atoms with Crippen LogP contribution in [0.1, 0.15) is 37.7 Å². The van der Waals surface area contributed by atoms with E-state index in [1.165, 1.54) is 6.42 Å². The van der Waals surface area contributed by atoms with E-state index in [2.05, 4.69) is 16.0 Å². The number of hydrogen-bond donors (Lipinski definition) is 3. The van der Waals surface area contributed by atoms with Gasteiger partial charge < -0.3 is 20.9 Å². The summed E-state index contributed by atoms with van der Waals surface area (Å²) in [4.78, 5) is 26.0. The van der Waals surface area contributed by atoms with Gasteiger partial charge in [-0.15, -0.1) is 12.4 Å². The molecule has 2 heterocycles. The van der Waals surface area contributed by atoms with E-state index in [9.17, 15) is 9.59 Å². The second-order valence-corrected chi connectivity index (χ2v) is 7.00. The van der Waals surface area contributed by atoms with Gasteiger partial charge in [-0.1, -0.05) is 12.1 Å². The number of hydrogen-bond acceptors (Lipinski definition) is 3. The first-order valence-corrected chi connectivity index (χ1v) is 9.33. The number of carbonyl (C=O) groups excluding carboxylic acids is 2. The van der Waals surface area contributed by atoms with Crippen LogP contribution in [0, 0.1) is 5.92 Å². The van der Waals surface area contributed by atoms with Crippen LogP contribution in [0.2, 0.25) is 0 Å². The van der Waals surface area contributed by atoms with Crippen LogP contribution in [0.4, 0.5) is 10.5 Å². The quantitative estimate of drug-likeness (QED) is 0.710. The third kappa shape index (κ3) is 6.18. The molecule has 0 aliphatic carbocycles. The van der Waals surface area contributed by atoms with E-state index in [0.29, 0.717) is 18.9 Å². The average molecular weight is 381 g/mol. The highest BCUT2D eigenvalue weighted by Crippen LogP contribution is 2.15. The molecule has 2 saturated heterocycles. The molecule has 7 heteroatoms. The lowest BCUT2D eigenvalue weighted by Crippen LogP contribution is -2.32. The molecule has 0 spiro atoms. The van der Waals surface area contributed by atoms with Gasteiger partial charge in [0.1, 0.15) is 0 Å². The first kappa shape index (κ1) is 20.5. The summed E-state index contributed by atoms with van der Waals surface area (Å²) in [7, 11) is 0. The minimum absolute atomic E-state index is 0. The van der Waals surface area contributed by atoms with Gasteiger partial charge in [0.25, 0.3) is 0 Å². The monoisotopic (exact) mass is 380 g/mol. The number of likely N-dealkylation sites (tertiary alicyclic amines) is 1. The van der Waals surface area contributed by atoms with E-state index in [0.717, 1.165) is 56.7 Å². The van der Waals surface area contributed by atoms with Crippen LogP contribution in [0.15, 0.2) is 24.3 Å². The normalized spacial score (nSPS) is 19.1. The zero-order chi connectivity index (χ0) is 17.5. The van der Waals surface area contributed by atoms with E-state index < -0.39 is 0 Å². The molecule has 26 heavy (non-hydrogen) atoms. The van der Waals surface area contributed by atoms with Gasteiger partial charge in [0, 0.05) is 31.7 Å². The van der Waals surface area contributed by atoms with Gasteiger partial charge in [0.05, 0.1) is 0 Å². The van der Waals surface area contributed by atoms with Crippen LogP contribution >= 0.6 is 12.4 Å². The Labute approximate surface area is 161 Å². The molecule has 3 N–H and O–H groups in total. The molecule has 6 nitrogen and oxygen atoms in total. The van der Waals surface area contributed by atoms with Crippen LogP contribution in [0.25, 0.3) is 0 Å². The number of nitrogens with one attached hydrogen (secondary N) is 3. The maximum absolute atomic E-state index is 12.1. The second-order valence-electron chi connectivity index (χ2n) is 7.00. The van der Waals surface area contributed by atoms with Crippen molar-refractivity contribution in [2.45, 2.75) is 38.6 Å². The lowest BCUT2D eigenvalue weighted by molar-refractivity contribution is -0.121. The van der Waals surface area contributed by atoms with E-state index in [-0.39, 0.29) is 24.3 Å². The number of nitrogens with zero attached hydrogens (tertiary/aromatic N) is 1. The predicted octanol–water partition coefficient (Wildman–Crippen LogP) is 2.74. The second kappa shape index (κ2) is 10.4. The molecule has 1 atom stereocenters. The number of halogens is 1. The molecule has 1 aromatic rings. The minimum atomic E-state index is -0.0381. The summed E-state index contributed by atoms with van der Waals surface area (Å²) in [5, 5.41) is 9.24. The lowest BCUT2D eigenvalue weighted by atomic mass is 10.0. The Hall–Kier alpha value is -1.79. The number of carbonyl (C=O) groups is 2. The topological polar surface area (TPSA) is 73.5 Å². The molecule has 0 aromatic heterocycles. The smallest absolute Gasteiger partial charge is 0.321 e. The van der Waals surface area contributed by atoms with Crippen molar-refractivity contribution in [2.75, 3.05) is 31.5 Å². The number of anilines is 1. The SMILES string of the molecule is Cl.O=C(CCC1CCNC1)NCc1cccc(NC(=O)N2CCCC2)c1. The van der Waals surface area contributed by atoms with Crippen molar-refractivity contribution in [2.24, 2.45) is 5.92 Å². The van der Waals surface area contributed by atoms with Crippen molar-refractivity contribution in [3.8, 4) is 0 Å². The molecule has 1 unspecified atom stereocenters. The molecule has 1 aromatic carbocycles.